The molecule has 2 atom stereocenters. The first-order valence-electron chi connectivity index (χ1n) is 11.5. The molecule has 2 unspecified atom stereocenters. The highest BCUT2D eigenvalue weighted by molar-refractivity contribution is 5.95. The van der Waals surface area contributed by atoms with E-state index in [-0.39, 0.29) is 17.8 Å². The molecule has 5 nitrogen and oxygen atoms in total. The highest BCUT2D eigenvalue weighted by Gasteiger charge is 2.40. The van der Waals surface area contributed by atoms with Crippen LogP contribution in [0.4, 0.5) is 0 Å². The van der Waals surface area contributed by atoms with Gasteiger partial charge in [0.15, 0.2) is 0 Å². The quantitative estimate of drug-likeness (QED) is 0.525. The minimum absolute atomic E-state index is 0.177. The van der Waals surface area contributed by atoms with E-state index in [1.807, 2.05) is 60.7 Å². The van der Waals surface area contributed by atoms with E-state index in [1.54, 1.807) is 6.92 Å². The van der Waals surface area contributed by atoms with Crippen molar-refractivity contribution in [3.63, 3.8) is 0 Å². The number of nitrogens with one attached hydrogen (secondary N) is 1. The van der Waals surface area contributed by atoms with Gasteiger partial charge in [-0.25, -0.2) is 0 Å². The first-order chi connectivity index (χ1) is 16.1. The molecule has 0 bridgehead atoms. The second-order valence-corrected chi connectivity index (χ2v) is 8.38. The van der Waals surface area contributed by atoms with Crippen molar-refractivity contribution in [3.8, 4) is 0 Å². The first kappa shape index (κ1) is 22.7. The average Bonchev–Trinajstić information content (AvgIpc) is 3.22. The molecule has 1 saturated heterocycles. The Kier molecular flexibility index (Phi) is 7.53. The van der Waals surface area contributed by atoms with Crippen molar-refractivity contribution >= 4 is 11.9 Å². The molecule has 5 heteroatoms. The molecule has 0 aromatic heterocycles. The Morgan fingerprint density at radius 1 is 0.909 bits per heavy atom. The van der Waals surface area contributed by atoms with Crippen molar-refractivity contribution in [1.29, 1.82) is 0 Å². The van der Waals surface area contributed by atoms with Gasteiger partial charge in [0.05, 0.1) is 18.7 Å². The third kappa shape index (κ3) is 5.88. The molecule has 3 aromatic rings. The third-order valence-electron chi connectivity index (χ3n) is 6.04. The number of carbonyl (C=O) groups is 2. The Bertz CT molecular complexity index is 1070. The maximum atomic E-state index is 13.2. The van der Waals surface area contributed by atoms with Gasteiger partial charge in [0.1, 0.15) is 0 Å². The summed E-state index contributed by atoms with van der Waals surface area (Å²) in [5.74, 6) is -0.814. The largest absolute Gasteiger partial charge is 0.466 e. The fourth-order valence-corrected chi connectivity index (χ4v) is 4.41. The highest BCUT2D eigenvalue weighted by Crippen LogP contribution is 2.26. The summed E-state index contributed by atoms with van der Waals surface area (Å²) in [6, 6.07) is 28.0. The molecule has 0 saturated carbocycles. The number of esters is 1. The van der Waals surface area contributed by atoms with Crippen LogP contribution in [0.25, 0.3) is 0 Å². The lowest BCUT2D eigenvalue weighted by atomic mass is 10.0. The van der Waals surface area contributed by atoms with Gasteiger partial charge in [-0.2, -0.15) is 0 Å². The zero-order valence-electron chi connectivity index (χ0n) is 18.9. The minimum atomic E-state index is -0.408. The molecular weight excluding hydrogens is 412 g/mol. The molecule has 33 heavy (non-hydrogen) atoms. The van der Waals surface area contributed by atoms with Crippen molar-refractivity contribution in [1.82, 2.24) is 10.2 Å². The molecule has 1 heterocycles. The van der Waals surface area contributed by atoms with Crippen molar-refractivity contribution in [2.75, 3.05) is 13.2 Å². The van der Waals surface area contributed by atoms with Crippen molar-refractivity contribution in [2.45, 2.75) is 32.5 Å². The van der Waals surface area contributed by atoms with E-state index in [4.69, 9.17) is 4.74 Å². The van der Waals surface area contributed by atoms with Gasteiger partial charge < -0.3 is 10.1 Å². The molecule has 1 amide bonds. The van der Waals surface area contributed by atoms with Crippen LogP contribution in [0.5, 0.6) is 0 Å². The SMILES string of the molecule is CCOC(=O)C1CCN(Cc2ccccc2)C1NC(=O)c1cccc(Cc2ccccc2)c1. The summed E-state index contributed by atoms with van der Waals surface area (Å²) in [5.41, 5.74) is 4.01. The van der Waals surface area contributed by atoms with Crippen LogP contribution >= 0.6 is 0 Å². The summed E-state index contributed by atoms with van der Waals surface area (Å²) in [6.07, 6.45) is 1.01. The lowest BCUT2D eigenvalue weighted by Gasteiger charge is -2.28. The van der Waals surface area contributed by atoms with Crippen LogP contribution in [0.2, 0.25) is 0 Å². The van der Waals surface area contributed by atoms with Crippen LogP contribution in [-0.4, -0.2) is 36.1 Å². The fourth-order valence-electron chi connectivity index (χ4n) is 4.41. The lowest BCUT2D eigenvalue weighted by Crippen LogP contribution is -2.49. The van der Waals surface area contributed by atoms with Crippen LogP contribution in [0.1, 0.15) is 40.4 Å². The van der Waals surface area contributed by atoms with E-state index in [9.17, 15) is 9.59 Å². The number of likely N-dealkylation sites (tertiary alicyclic amines) is 1. The number of amides is 1. The minimum Gasteiger partial charge on any atom is -0.466 e. The van der Waals surface area contributed by atoms with Crippen molar-refractivity contribution in [3.05, 3.63) is 107 Å². The molecule has 1 aliphatic heterocycles. The Labute approximate surface area is 195 Å². The number of rotatable bonds is 8. The number of hydrogen-bond donors (Lipinski definition) is 1. The second kappa shape index (κ2) is 10.9. The standard InChI is InChI=1S/C28H30N2O3/c1-2-33-28(32)25-16-17-30(20-22-12-7-4-8-13-22)26(25)29-27(31)24-15-9-14-23(19-24)18-21-10-5-3-6-11-21/h3-15,19,25-26H,2,16-18,20H2,1H3,(H,29,31). The van der Waals surface area contributed by atoms with Gasteiger partial charge in [-0.3, -0.25) is 14.5 Å². The van der Waals surface area contributed by atoms with Crippen LogP contribution in [0.15, 0.2) is 84.9 Å². The van der Waals surface area contributed by atoms with E-state index in [2.05, 4.69) is 34.5 Å². The van der Waals surface area contributed by atoms with E-state index < -0.39 is 6.17 Å². The molecule has 0 aliphatic carbocycles. The summed E-state index contributed by atoms with van der Waals surface area (Å²) in [7, 11) is 0. The van der Waals surface area contributed by atoms with Gasteiger partial charge in [0.25, 0.3) is 5.91 Å². The third-order valence-corrected chi connectivity index (χ3v) is 6.04. The predicted octanol–water partition coefficient (Wildman–Crippen LogP) is 4.42. The maximum absolute atomic E-state index is 13.2. The van der Waals surface area contributed by atoms with Gasteiger partial charge in [0.2, 0.25) is 0 Å². The summed E-state index contributed by atoms with van der Waals surface area (Å²) in [6.45, 7) is 3.52. The number of nitrogens with zero attached hydrogens (tertiary/aromatic N) is 1. The number of ether oxygens (including phenoxy) is 1. The molecular formula is C28H30N2O3. The topological polar surface area (TPSA) is 58.6 Å². The monoisotopic (exact) mass is 442 g/mol. The number of carbonyl (C=O) groups excluding carboxylic acids is 2. The van der Waals surface area contributed by atoms with Gasteiger partial charge in [-0.05, 0) is 48.6 Å². The lowest BCUT2D eigenvalue weighted by molar-refractivity contribution is -0.149. The number of hydrogen-bond acceptors (Lipinski definition) is 4. The van der Waals surface area contributed by atoms with Gasteiger partial charge >= 0.3 is 5.97 Å². The van der Waals surface area contributed by atoms with Crippen LogP contribution < -0.4 is 5.32 Å². The number of benzene rings is 3. The summed E-state index contributed by atoms with van der Waals surface area (Å²) >= 11 is 0. The van der Waals surface area contributed by atoms with E-state index in [0.717, 1.165) is 24.1 Å². The maximum Gasteiger partial charge on any atom is 0.312 e. The average molecular weight is 443 g/mol. The zero-order chi connectivity index (χ0) is 23.0. The normalized spacial score (nSPS) is 18.1. The fraction of sp³-hybridized carbons (Fsp3) is 0.286. The first-order valence-corrected chi connectivity index (χ1v) is 11.5. The summed E-state index contributed by atoms with van der Waals surface area (Å²) < 4.78 is 5.31. The Morgan fingerprint density at radius 3 is 2.27 bits per heavy atom. The van der Waals surface area contributed by atoms with Crippen molar-refractivity contribution in [2.24, 2.45) is 5.92 Å². The molecule has 0 spiro atoms. The van der Waals surface area contributed by atoms with E-state index in [1.165, 1.54) is 5.56 Å². The van der Waals surface area contributed by atoms with Gasteiger partial charge in [0, 0.05) is 18.7 Å². The van der Waals surface area contributed by atoms with Crippen LogP contribution in [0, 0.1) is 5.92 Å². The smallest absolute Gasteiger partial charge is 0.312 e. The molecule has 1 fully saturated rings. The second-order valence-electron chi connectivity index (χ2n) is 8.38. The summed E-state index contributed by atoms with van der Waals surface area (Å²) in [4.78, 5) is 28.0. The van der Waals surface area contributed by atoms with Gasteiger partial charge in [-0.15, -0.1) is 0 Å². The highest BCUT2D eigenvalue weighted by atomic mass is 16.5. The van der Waals surface area contributed by atoms with Crippen LogP contribution in [-0.2, 0) is 22.5 Å². The van der Waals surface area contributed by atoms with E-state index >= 15 is 0 Å². The van der Waals surface area contributed by atoms with Crippen LogP contribution in [0.3, 0.4) is 0 Å². The Morgan fingerprint density at radius 2 is 1.58 bits per heavy atom. The zero-order valence-corrected chi connectivity index (χ0v) is 18.9. The molecule has 1 aliphatic rings. The molecule has 3 aromatic carbocycles. The molecule has 1 N–H and O–H groups in total. The van der Waals surface area contributed by atoms with Gasteiger partial charge in [-0.1, -0.05) is 72.8 Å². The molecule has 4 rings (SSSR count). The summed E-state index contributed by atoms with van der Waals surface area (Å²) in [5, 5.41) is 3.13. The van der Waals surface area contributed by atoms with E-state index in [0.29, 0.717) is 25.1 Å². The Balaban J connectivity index is 1.51. The molecule has 0 radical (unpaired) electrons. The molecule has 170 valence electrons. The predicted molar refractivity (Wildman–Crippen MR) is 129 cm³/mol. The Hall–Kier alpha value is -3.44. The van der Waals surface area contributed by atoms with Crippen molar-refractivity contribution < 1.29 is 14.3 Å².